The van der Waals surface area contributed by atoms with Gasteiger partial charge in [-0.2, -0.15) is 0 Å². The first-order valence-corrected chi connectivity index (χ1v) is 7.05. The van der Waals surface area contributed by atoms with Gasteiger partial charge in [-0.25, -0.2) is 0 Å². The molecule has 0 spiro atoms. The molecular weight excluding hydrogens is 258 g/mol. The van der Waals surface area contributed by atoms with E-state index >= 15 is 0 Å². The van der Waals surface area contributed by atoms with E-state index in [1.807, 2.05) is 33.0 Å². The Morgan fingerprint density at radius 2 is 1.94 bits per heavy atom. The van der Waals surface area contributed by atoms with Crippen LogP contribution in [0.2, 0.25) is 4.34 Å². The van der Waals surface area contributed by atoms with Crippen molar-refractivity contribution < 1.29 is 9.47 Å². The molecular formula is C12H20ClNO2S. The zero-order valence-electron chi connectivity index (χ0n) is 10.5. The minimum atomic E-state index is -0.212. The molecule has 98 valence electrons. The van der Waals surface area contributed by atoms with Crippen LogP contribution in [-0.4, -0.2) is 32.6 Å². The van der Waals surface area contributed by atoms with Crippen LogP contribution in [-0.2, 0) is 15.9 Å². The average molecular weight is 278 g/mol. The maximum absolute atomic E-state index is 5.92. The zero-order valence-corrected chi connectivity index (χ0v) is 12.1. The molecule has 0 saturated heterocycles. The van der Waals surface area contributed by atoms with Crippen molar-refractivity contribution in [2.45, 2.75) is 32.6 Å². The molecule has 0 aromatic carbocycles. The van der Waals surface area contributed by atoms with E-state index in [2.05, 4.69) is 5.32 Å². The van der Waals surface area contributed by atoms with Crippen molar-refractivity contribution in [3.8, 4) is 0 Å². The monoisotopic (exact) mass is 277 g/mol. The first-order chi connectivity index (χ1) is 8.21. The van der Waals surface area contributed by atoms with Gasteiger partial charge >= 0.3 is 0 Å². The lowest BCUT2D eigenvalue weighted by Crippen LogP contribution is -2.42. The fourth-order valence-electron chi connectivity index (χ4n) is 1.62. The summed E-state index contributed by atoms with van der Waals surface area (Å²) in [6, 6.07) is 4.11. The van der Waals surface area contributed by atoms with Crippen molar-refractivity contribution >= 4 is 22.9 Å². The van der Waals surface area contributed by atoms with Gasteiger partial charge in [0, 0.05) is 24.5 Å². The molecule has 1 aromatic heterocycles. The highest BCUT2D eigenvalue weighted by molar-refractivity contribution is 7.16. The van der Waals surface area contributed by atoms with E-state index in [4.69, 9.17) is 21.1 Å². The molecule has 0 radical (unpaired) electrons. The van der Waals surface area contributed by atoms with E-state index < -0.39 is 0 Å². The topological polar surface area (TPSA) is 30.5 Å². The van der Waals surface area contributed by atoms with Gasteiger partial charge in [0.2, 0.25) is 0 Å². The Bertz CT molecular complexity index is 313. The van der Waals surface area contributed by atoms with Crippen LogP contribution in [0.1, 0.15) is 18.7 Å². The Labute approximate surface area is 112 Å². The molecule has 1 atom stereocenters. The highest BCUT2D eigenvalue weighted by atomic mass is 35.5. The summed E-state index contributed by atoms with van der Waals surface area (Å²) >= 11 is 7.52. The predicted octanol–water partition coefficient (Wildman–Crippen LogP) is 2.93. The van der Waals surface area contributed by atoms with Crippen molar-refractivity contribution in [3.63, 3.8) is 0 Å². The minimum Gasteiger partial charge on any atom is -0.351 e. The Kier molecular flexibility index (Phi) is 7.08. The SMILES string of the molecule is CCOC(OCC)C(Cc1ccc(Cl)s1)NC. The van der Waals surface area contributed by atoms with Crippen molar-refractivity contribution in [1.82, 2.24) is 5.32 Å². The van der Waals surface area contributed by atoms with Crippen LogP contribution in [0.25, 0.3) is 0 Å². The Morgan fingerprint density at radius 3 is 2.35 bits per heavy atom. The standard InChI is InChI=1S/C12H20ClNO2S/c1-4-15-12(16-5-2)10(14-3)8-9-6-7-11(13)17-9/h6-7,10,12,14H,4-5,8H2,1-3H3. The van der Waals surface area contributed by atoms with Gasteiger partial charge in [0.1, 0.15) is 0 Å². The van der Waals surface area contributed by atoms with E-state index in [0.717, 1.165) is 10.8 Å². The number of rotatable bonds is 8. The summed E-state index contributed by atoms with van der Waals surface area (Å²) in [5.74, 6) is 0. The van der Waals surface area contributed by atoms with Crippen molar-refractivity contribution in [3.05, 3.63) is 21.3 Å². The lowest BCUT2D eigenvalue weighted by atomic mass is 10.1. The minimum absolute atomic E-state index is 0.143. The Balaban J connectivity index is 2.61. The van der Waals surface area contributed by atoms with E-state index in [-0.39, 0.29) is 12.3 Å². The highest BCUT2D eigenvalue weighted by Crippen LogP contribution is 2.23. The van der Waals surface area contributed by atoms with Gasteiger partial charge in [0.05, 0.1) is 10.4 Å². The van der Waals surface area contributed by atoms with Gasteiger partial charge in [0.25, 0.3) is 0 Å². The molecule has 1 unspecified atom stereocenters. The van der Waals surface area contributed by atoms with E-state index in [9.17, 15) is 0 Å². The molecule has 5 heteroatoms. The molecule has 1 rings (SSSR count). The smallest absolute Gasteiger partial charge is 0.173 e. The van der Waals surface area contributed by atoms with Gasteiger partial charge in [-0.1, -0.05) is 11.6 Å². The summed E-state index contributed by atoms with van der Waals surface area (Å²) in [5, 5.41) is 3.24. The number of halogens is 1. The molecule has 17 heavy (non-hydrogen) atoms. The quantitative estimate of drug-likeness (QED) is 0.741. The number of thiophene rings is 1. The summed E-state index contributed by atoms with van der Waals surface area (Å²) in [7, 11) is 1.92. The molecule has 1 heterocycles. The number of hydrogen-bond acceptors (Lipinski definition) is 4. The molecule has 1 aromatic rings. The molecule has 3 nitrogen and oxygen atoms in total. The third-order valence-electron chi connectivity index (χ3n) is 2.41. The Hall–Kier alpha value is -0.130. The van der Waals surface area contributed by atoms with Gasteiger partial charge < -0.3 is 14.8 Å². The number of ether oxygens (including phenoxy) is 2. The summed E-state index contributed by atoms with van der Waals surface area (Å²) in [4.78, 5) is 1.23. The van der Waals surface area contributed by atoms with Gasteiger partial charge in [-0.05, 0) is 33.0 Å². The molecule has 1 N–H and O–H groups in total. The second kappa shape index (κ2) is 8.06. The third kappa shape index (κ3) is 4.94. The van der Waals surface area contributed by atoms with Crippen LogP contribution in [0, 0.1) is 0 Å². The van der Waals surface area contributed by atoms with Gasteiger partial charge in [-0.15, -0.1) is 11.3 Å². The maximum Gasteiger partial charge on any atom is 0.173 e. The Morgan fingerprint density at radius 1 is 1.29 bits per heavy atom. The lowest BCUT2D eigenvalue weighted by Gasteiger charge is -2.26. The van der Waals surface area contributed by atoms with Crippen LogP contribution in [0.15, 0.2) is 12.1 Å². The summed E-state index contributed by atoms with van der Waals surface area (Å²) in [6.45, 7) is 5.24. The van der Waals surface area contributed by atoms with E-state index in [1.54, 1.807) is 11.3 Å². The third-order valence-corrected chi connectivity index (χ3v) is 3.66. The normalized spacial score (nSPS) is 13.2. The number of likely N-dealkylation sites (N-methyl/N-ethyl adjacent to an activating group) is 1. The molecule has 0 aliphatic rings. The van der Waals surface area contributed by atoms with Crippen molar-refractivity contribution in [2.75, 3.05) is 20.3 Å². The predicted molar refractivity (Wildman–Crippen MR) is 72.9 cm³/mol. The highest BCUT2D eigenvalue weighted by Gasteiger charge is 2.21. The maximum atomic E-state index is 5.92. The molecule has 0 fully saturated rings. The molecule has 0 aliphatic carbocycles. The fraction of sp³-hybridized carbons (Fsp3) is 0.667. The summed E-state index contributed by atoms with van der Waals surface area (Å²) in [6.07, 6.45) is 0.648. The van der Waals surface area contributed by atoms with Crippen LogP contribution >= 0.6 is 22.9 Å². The van der Waals surface area contributed by atoms with E-state index in [0.29, 0.717) is 13.2 Å². The first kappa shape index (κ1) is 14.9. The number of nitrogens with one attached hydrogen (secondary N) is 1. The average Bonchev–Trinajstić information content (AvgIpc) is 2.72. The van der Waals surface area contributed by atoms with E-state index in [1.165, 1.54) is 4.88 Å². The fourth-order valence-corrected chi connectivity index (χ4v) is 2.77. The largest absolute Gasteiger partial charge is 0.351 e. The van der Waals surface area contributed by atoms with Crippen molar-refractivity contribution in [1.29, 1.82) is 0 Å². The van der Waals surface area contributed by atoms with Crippen molar-refractivity contribution in [2.24, 2.45) is 0 Å². The molecule has 0 saturated carbocycles. The van der Waals surface area contributed by atoms with Crippen LogP contribution < -0.4 is 5.32 Å². The second-order valence-electron chi connectivity index (χ2n) is 3.58. The van der Waals surface area contributed by atoms with Gasteiger partial charge in [0.15, 0.2) is 6.29 Å². The van der Waals surface area contributed by atoms with Crippen LogP contribution in [0.3, 0.4) is 0 Å². The zero-order chi connectivity index (χ0) is 12.7. The van der Waals surface area contributed by atoms with Crippen LogP contribution in [0.4, 0.5) is 0 Å². The lowest BCUT2D eigenvalue weighted by molar-refractivity contribution is -0.152. The first-order valence-electron chi connectivity index (χ1n) is 5.85. The van der Waals surface area contributed by atoms with Gasteiger partial charge in [-0.3, -0.25) is 0 Å². The second-order valence-corrected chi connectivity index (χ2v) is 5.38. The summed E-state index contributed by atoms with van der Waals surface area (Å²) in [5.41, 5.74) is 0. The van der Waals surface area contributed by atoms with Crippen LogP contribution in [0.5, 0.6) is 0 Å². The molecule has 0 bridgehead atoms. The number of hydrogen-bond donors (Lipinski definition) is 1. The molecule has 0 amide bonds. The molecule has 0 aliphatic heterocycles. The summed E-state index contributed by atoms with van der Waals surface area (Å²) < 4.78 is 12.0.